The molecule has 1 amide bonds. The minimum Gasteiger partial charge on any atom is -0.496 e. The number of benzene rings is 3. The van der Waals surface area contributed by atoms with Gasteiger partial charge in [-0.3, -0.25) is 4.79 Å². The topological polar surface area (TPSA) is 143 Å². The van der Waals surface area contributed by atoms with Gasteiger partial charge in [0.05, 0.1) is 32.2 Å². The van der Waals surface area contributed by atoms with Crippen molar-refractivity contribution in [3.05, 3.63) is 87.9 Å². The van der Waals surface area contributed by atoms with Gasteiger partial charge in [-0.15, -0.1) is 6.42 Å². The maximum atomic E-state index is 13.8. The highest BCUT2D eigenvalue weighted by Crippen LogP contribution is 2.70. The number of carbonyl (C=O) groups excluding carboxylic acids is 1. The van der Waals surface area contributed by atoms with E-state index in [2.05, 4.69) is 26.6 Å². The molecule has 0 aromatic heterocycles. The van der Waals surface area contributed by atoms with Crippen molar-refractivity contribution >= 4 is 32.0 Å². The number of hydrogen-bond donors (Lipinski definition) is 4. The highest BCUT2D eigenvalue weighted by Gasteiger charge is 2.78. The standard InChI is InChI=1S/C29H27BrN2O8S/c1-4-14-31-41(36,37)32-27(34)23-24(17-8-6-5-7-9-17)29(18-10-12-19(30)13-11-18)28(35,26(23)33)25-21(39-3)15-20(38-2)16-22(25)40-29/h1,5-13,15-16,23-24,26,31,33,35H,14H2,2-3H3,(H,32,34)/t23-,24-,26-,28+,29+/m1/s1. The number of nitrogens with one attached hydrogen (secondary N) is 2. The zero-order valence-corrected chi connectivity index (χ0v) is 24.4. The van der Waals surface area contributed by atoms with Crippen LogP contribution in [0.4, 0.5) is 0 Å². The van der Waals surface area contributed by atoms with Crippen LogP contribution in [-0.4, -0.2) is 51.4 Å². The molecular formula is C29H27BrN2O8S. The first-order valence-electron chi connectivity index (χ1n) is 12.5. The molecule has 4 N–H and O–H groups in total. The maximum Gasteiger partial charge on any atom is 0.302 e. The van der Waals surface area contributed by atoms with E-state index in [1.165, 1.54) is 20.3 Å². The molecule has 0 bridgehead atoms. The van der Waals surface area contributed by atoms with E-state index in [0.29, 0.717) is 16.9 Å². The van der Waals surface area contributed by atoms with Crippen LogP contribution in [-0.2, 0) is 26.2 Å². The van der Waals surface area contributed by atoms with E-state index >= 15 is 0 Å². The number of aliphatic hydroxyl groups excluding tert-OH is 1. The lowest BCUT2D eigenvalue weighted by Gasteiger charge is -2.40. The molecule has 0 spiro atoms. The van der Waals surface area contributed by atoms with Crippen LogP contribution >= 0.6 is 15.9 Å². The number of ether oxygens (including phenoxy) is 3. The lowest BCUT2D eigenvalue weighted by Crippen LogP contribution is -2.52. The highest BCUT2D eigenvalue weighted by molar-refractivity contribution is 9.10. The van der Waals surface area contributed by atoms with Crippen molar-refractivity contribution < 1.29 is 37.6 Å². The van der Waals surface area contributed by atoms with Gasteiger partial charge < -0.3 is 24.4 Å². The Labute approximate surface area is 246 Å². The summed E-state index contributed by atoms with van der Waals surface area (Å²) in [5.41, 5.74) is -3.09. The molecule has 1 saturated carbocycles. The van der Waals surface area contributed by atoms with Crippen molar-refractivity contribution in [3.8, 4) is 29.6 Å². The smallest absolute Gasteiger partial charge is 0.302 e. The predicted molar refractivity (Wildman–Crippen MR) is 152 cm³/mol. The molecule has 0 radical (unpaired) electrons. The van der Waals surface area contributed by atoms with Gasteiger partial charge >= 0.3 is 10.2 Å². The molecule has 0 saturated heterocycles. The van der Waals surface area contributed by atoms with Crippen LogP contribution in [0, 0.1) is 18.3 Å². The van der Waals surface area contributed by atoms with Crippen molar-refractivity contribution in [2.75, 3.05) is 20.8 Å². The summed E-state index contributed by atoms with van der Waals surface area (Å²) in [6.07, 6.45) is 3.30. The number of halogens is 1. The number of carbonyl (C=O) groups is 1. The van der Waals surface area contributed by atoms with Crippen LogP contribution in [0.3, 0.4) is 0 Å². The lowest BCUT2D eigenvalue weighted by atomic mass is 9.70. The quantitative estimate of drug-likeness (QED) is 0.274. The summed E-state index contributed by atoms with van der Waals surface area (Å²) in [6, 6.07) is 18.7. The van der Waals surface area contributed by atoms with E-state index in [4.69, 9.17) is 20.6 Å². The molecule has 2 aliphatic rings. The van der Waals surface area contributed by atoms with E-state index in [9.17, 15) is 23.4 Å². The number of fused-ring (bicyclic) bond motifs is 3. The Balaban J connectivity index is 1.81. The van der Waals surface area contributed by atoms with Gasteiger partial charge in [0.15, 0.2) is 11.2 Å². The molecule has 1 fully saturated rings. The fourth-order valence-electron chi connectivity index (χ4n) is 6.03. The molecule has 0 unspecified atom stereocenters. The van der Waals surface area contributed by atoms with E-state index < -0.39 is 45.3 Å². The third-order valence-corrected chi connectivity index (χ3v) is 9.14. The number of rotatable bonds is 8. The minimum atomic E-state index is -4.40. The average Bonchev–Trinajstić information content (AvgIpc) is 3.34. The lowest BCUT2D eigenvalue weighted by molar-refractivity contribution is -0.154. The van der Waals surface area contributed by atoms with Gasteiger partial charge in [-0.2, -0.15) is 13.1 Å². The SMILES string of the molecule is C#CCNS(=O)(=O)NC(=O)[C@H]1[C@@H](O)[C@@]2(O)c3c(OC)cc(OC)cc3O[C@@]2(c2ccc(Br)cc2)[C@@H]1c1ccccc1. The summed E-state index contributed by atoms with van der Waals surface area (Å²) < 4.78 is 47.8. The summed E-state index contributed by atoms with van der Waals surface area (Å²) in [5.74, 6) is -0.849. The number of hydrogen-bond acceptors (Lipinski definition) is 8. The molecular weight excluding hydrogens is 616 g/mol. The molecule has 1 aliphatic carbocycles. The minimum absolute atomic E-state index is 0.0979. The second-order valence-corrected chi connectivity index (χ2v) is 12.1. The second-order valence-electron chi connectivity index (χ2n) is 9.67. The molecule has 12 heteroatoms. The Morgan fingerprint density at radius 1 is 1.12 bits per heavy atom. The molecule has 3 aromatic rings. The number of methoxy groups -OCH3 is 2. The molecule has 214 valence electrons. The molecule has 5 atom stereocenters. The molecule has 10 nitrogen and oxygen atoms in total. The van der Waals surface area contributed by atoms with E-state index in [1.54, 1.807) is 60.7 Å². The Morgan fingerprint density at radius 3 is 2.41 bits per heavy atom. The zero-order chi connectivity index (χ0) is 29.6. The second kappa shape index (κ2) is 10.7. The summed E-state index contributed by atoms with van der Waals surface area (Å²) in [7, 11) is -1.54. The summed E-state index contributed by atoms with van der Waals surface area (Å²) in [5, 5.41) is 24.8. The van der Waals surface area contributed by atoms with Crippen molar-refractivity contribution in [1.29, 1.82) is 0 Å². The number of amides is 1. The van der Waals surface area contributed by atoms with Crippen LogP contribution in [0.25, 0.3) is 0 Å². The Hall–Kier alpha value is -3.60. The van der Waals surface area contributed by atoms with Gasteiger partial charge in [-0.05, 0) is 23.3 Å². The molecule has 3 aromatic carbocycles. The first-order valence-corrected chi connectivity index (χ1v) is 14.7. The molecule has 41 heavy (non-hydrogen) atoms. The van der Waals surface area contributed by atoms with Gasteiger partial charge in [-0.1, -0.05) is 64.3 Å². The summed E-state index contributed by atoms with van der Waals surface area (Å²) in [6.45, 7) is -0.361. The first kappa shape index (κ1) is 28.9. The predicted octanol–water partition coefficient (Wildman–Crippen LogP) is 2.30. The Kier molecular flexibility index (Phi) is 7.52. The number of aliphatic hydroxyl groups is 2. The highest BCUT2D eigenvalue weighted by atomic mass is 79.9. The summed E-state index contributed by atoms with van der Waals surface area (Å²) in [4.78, 5) is 13.8. The van der Waals surface area contributed by atoms with Crippen LogP contribution in [0.5, 0.6) is 17.2 Å². The Morgan fingerprint density at radius 2 is 1.80 bits per heavy atom. The van der Waals surface area contributed by atoms with Crippen LogP contribution in [0.2, 0.25) is 0 Å². The van der Waals surface area contributed by atoms with Gasteiger partial charge in [0.25, 0.3) is 0 Å². The normalized spacial score (nSPS) is 26.3. The van der Waals surface area contributed by atoms with Crippen LogP contribution < -0.4 is 23.7 Å². The van der Waals surface area contributed by atoms with Gasteiger partial charge in [0, 0.05) is 22.5 Å². The van der Waals surface area contributed by atoms with Crippen LogP contribution in [0.1, 0.15) is 22.6 Å². The van der Waals surface area contributed by atoms with Crippen molar-refractivity contribution in [2.45, 2.75) is 23.2 Å². The zero-order valence-electron chi connectivity index (χ0n) is 22.0. The van der Waals surface area contributed by atoms with Crippen molar-refractivity contribution in [3.63, 3.8) is 0 Å². The molecule has 1 heterocycles. The molecule has 1 aliphatic heterocycles. The van der Waals surface area contributed by atoms with Gasteiger partial charge in [-0.25, -0.2) is 4.72 Å². The van der Waals surface area contributed by atoms with E-state index in [0.717, 1.165) is 4.47 Å². The van der Waals surface area contributed by atoms with Crippen LogP contribution in [0.15, 0.2) is 71.2 Å². The van der Waals surface area contributed by atoms with Crippen molar-refractivity contribution in [2.24, 2.45) is 5.92 Å². The average molecular weight is 644 g/mol. The first-order chi connectivity index (χ1) is 19.5. The van der Waals surface area contributed by atoms with E-state index in [-0.39, 0.29) is 23.6 Å². The number of terminal acetylenes is 1. The third-order valence-electron chi connectivity index (χ3n) is 7.61. The molecule has 5 rings (SSSR count). The monoisotopic (exact) mass is 642 g/mol. The summed E-state index contributed by atoms with van der Waals surface area (Å²) >= 11 is 3.43. The van der Waals surface area contributed by atoms with Gasteiger partial charge in [0.2, 0.25) is 5.91 Å². The van der Waals surface area contributed by atoms with E-state index in [1.807, 2.05) is 4.72 Å². The fourth-order valence-corrected chi connectivity index (χ4v) is 7.04. The third kappa shape index (κ3) is 4.45. The Bertz CT molecular complexity index is 1630. The maximum absolute atomic E-state index is 13.8. The van der Waals surface area contributed by atoms with Gasteiger partial charge in [0.1, 0.15) is 23.4 Å². The van der Waals surface area contributed by atoms with Crippen molar-refractivity contribution in [1.82, 2.24) is 9.44 Å². The largest absolute Gasteiger partial charge is 0.496 e. The fraction of sp³-hybridized carbons (Fsp3) is 0.276.